The lowest BCUT2D eigenvalue weighted by molar-refractivity contribution is -0.123. The van der Waals surface area contributed by atoms with Crippen LogP contribution in [0.25, 0.3) is 0 Å². The molecular formula is C63H73Cl3N8O5S. The van der Waals surface area contributed by atoms with Gasteiger partial charge >= 0.3 is 0 Å². The number of halogens is 3. The van der Waals surface area contributed by atoms with E-state index >= 15 is 0 Å². The lowest BCUT2D eigenvalue weighted by Gasteiger charge is -2.36. The third-order valence-electron chi connectivity index (χ3n) is 13.2. The summed E-state index contributed by atoms with van der Waals surface area (Å²) in [6.07, 6.45) is -1.48. The predicted octanol–water partition coefficient (Wildman–Crippen LogP) is 12.7. The zero-order valence-corrected chi connectivity index (χ0v) is 49.8. The van der Waals surface area contributed by atoms with Gasteiger partial charge in [0.05, 0.1) is 52.8 Å². The third kappa shape index (κ3) is 17.8. The smallest absolute Gasteiger partial charge is 0.276 e. The molecule has 422 valence electrons. The van der Waals surface area contributed by atoms with Crippen LogP contribution in [0.15, 0.2) is 179 Å². The Balaban J connectivity index is 0.000000172. The number of benzodiazepines with no additional fused rings is 1. The van der Waals surface area contributed by atoms with Crippen molar-refractivity contribution in [2.75, 3.05) is 97.1 Å². The Morgan fingerprint density at radius 1 is 0.762 bits per heavy atom. The number of likely N-dealkylation sites (N-methyl/N-ethyl adjacent to an activating group) is 3. The van der Waals surface area contributed by atoms with Crippen molar-refractivity contribution in [3.8, 4) is 5.75 Å². The summed E-state index contributed by atoms with van der Waals surface area (Å²) in [7, 11) is 9.89. The molecule has 7 aromatic rings. The minimum absolute atomic E-state index is 0.0161. The number of anilines is 4. The number of aliphatic hydroxyl groups is 1. The van der Waals surface area contributed by atoms with Crippen LogP contribution in [-0.4, -0.2) is 131 Å². The van der Waals surface area contributed by atoms with Crippen molar-refractivity contribution in [3.05, 3.63) is 207 Å². The molecule has 0 aliphatic carbocycles. The third-order valence-corrected chi connectivity index (χ3v) is 15.2. The molecule has 2 amide bonds. The molecule has 2 unspecified atom stereocenters. The van der Waals surface area contributed by atoms with Crippen LogP contribution in [0.1, 0.15) is 59.5 Å². The zero-order chi connectivity index (χ0) is 57.7. The Hall–Kier alpha value is -6.43. The molecule has 2 aliphatic rings. The van der Waals surface area contributed by atoms with Gasteiger partial charge in [0.25, 0.3) is 11.8 Å². The lowest BCUT2D eigenvalue weighted by atomic mass is 10.0. The molecule has 0 aromatic heterocycles. The van der Waals surface area contributed by atoms with E-state index in [9.17, 15) is 14.7 Å². The van der Waals surface area contributed by atoms with Gasteiger partial charge in [0.15, 0.2) is 0 Å². The Labute approximate surface area is 491 Å². The van der Waals surface area contributed by atoms with Gasteiger partial charge in [-0.2, -0.15) is 0 Å². The summed E-state index contributed by atoms with van der Waals surface area (Å²) in [6.45, 7) is 12.4. The molecule has 0 radical (unpaired) electrons. The highest BCUT2D eigenvalue weighted by atomic mass is 35.5. The number of nitrogens with one attached hydrogen (secondary N) is 2. The van der Waals surface area contributed by atoms with Crippen LogP contribution in [0.2, 0.25) is 15.1 Å². The molecule has 0 spiro atoms. The van der Waals surface area contributed by atoms with Crippen LogP contribution >= 0.6 is 46.6 Å². The van der Waals surface area contributed by atoms with Crippen molar-refractivity contribution in [3.63, 3.8) is 0 Å². The highest BCUT2D eigenvalue weighted by Crippen LogP contribution is 2.48. The number of nitrogens with zero attached hydrogens (tertiary/aromatic N) is 5. The first-order chi connectivity index (χ1) is 38.5. The molecule has 17 heteroatoms. The minimum Gasteiger partial charge on any atom is -0.496 e. The Kier molecular flexibility index (Phi) is 24.7. The topological polar surface area (TPSA) is 148 Å². The van der Waals surface area contributed by atoms with Crippen molar-refractivity contribution in [1.82, 2.24) is 20.0 Å². The van der Waals surface area contributed by atoms with Gasteiger partial charge < -0.3 is 50.5 Å². The van der Waals surface area contributed by atoms with Gasteiger partial charge in [-0.05, 0) is 114 Å². The maximum absolute atomic E-state index is 12.1. The van der Waals surface area contributed by atoms with E-state index in [0.717, 1.165) is 39.3 Å². The van der Waals surface area contributed by atoms with Crippen LogP contribution < -0.4 is 26.0 Å². The molecule has 7 aromatic carbocycles. The summed E-state index contributed by atoms with van der Waals surface area (Å²) in [5.74, 6) is -0.385. The summed E-state index contributed by atoms with van der Waals surface area (Å²) in [6, 6.07) is 53.8. The second kappa shape index (κ2) is 31.5. The molecule has 0 saturated carbocycles. The number of nitrogens with two attached hydrogens (primary N) is 1. The van der Waals surface area contributed by atoms with Crippen LogP contribution in [-0.2, 0) is 9.53 Å². The molecule has 2 heterocycles. The number of ether oxygens (including phenoxy) is 2. The van der Waals surface area contributed by atoms with E-state index in [1.165, 1.54) is 45.5 Å². The quantitative estimate of drug-likeness (QED) is 0.0646. The SMILES string of the molecule is CC(CN1c2ccccc2Sc2ccccc21)N(C)C.CCN(CC)CCNC(=O)c1cc(Cl)c(N)cc1OC.CN(C)CCOC(c1ccccc1)c1ccccc1.O=C1Nc2ccc(Cl)cc2C(c2ccccc2Cl)=NC1O. The van der Waals surface area contributed by atoms with Gasteiger partial charge in [-0.1, -0.05) is 164 Å². The summed E-state index contributed by atoms with van der Waals surface area (Å²) in [4.78, 5) is 39.8. The van der Waals surface area contributed by atoms with E-state index in [1.807, 2.05) is 23.9 Å². The number of rotatable bonds is 17. The van der Waals surface area contributed by atoms with E-state index in [2.05, 4.69) is 181 Å². The van der Waals surface area contributed by atoms with Crippen molar-refractivity contribution >= 4 is 86.8 Å². The number of carbonyl (C=O) groups is 2. The van der Waals surface area contributed by atoms with Crippen LogP contribution in [0, 0.1) is 0 Å². The van der Waals surface area contributed by atoms with E-state index < -0.39 is 12.1 Å². The Bertz CT molecular complexity index is 3050. The monoisotopic (exact) mass is 1160 g/mol. The molecule has 0 bridgehead atoms. The number of methoxy groups -OCH3 is 1. The maximum atomic E-state index is 12.1. The fourth-order valence-corrected chi connectivity index (χ4v) is 10.1. The van der Waals surface area contributed by atoms with Gasteiger partial charge in [-0.3, -0.25) is 9.59 Å². The zero-order valence-electron chi connectivity index (χ0n) is 46.7. The first-order valence-corrected chi connectivity index (χ1v) is 28.4. The first-order valence-electron chi connectivity index (χ1n) is 26.4. The Morgan fingerprint density at radius 2 is 1.34 bits per heavy atom. The lowest BCUT2D eigenvalue weighted by Crippen LogP contribution is -2.37. The largest absolute Gasteiger partial charge is 0.496 e. The molecule has 5 N–H and O–H groups in total. The van der Waals surface area contributed by atoms with Crippen molar-refractivity contribution in [2.45, 2.75) is 48.9 Å². The predicted molar refractivity (Wildman–Crippen MR) is 332 cm³/mol. The molecule has 2 atom stereocenters. The van der Waals surface area contributed by atoms with Crippen molar-refractivity contribution in [2.24, 2.45) is 4.99 Å². The maximum Gasteiger partial charge on any atom is 0.276 e. The first kappa shape index (κ1) is 62.8. The van der Waals surface area contributed by atoms with Crippen molar-refractivity contribution < 1.29 is 24.2 Å². The minimum atomic E-state index is -1.50. The fourth-order valence-electron chi connectivity index (χ4n) is 8.41. The molecule has 9 rings (SSSR count). The second-order valence-electron chi connectivity index (χ2n) is 19.2. The number of hydrogen-bond acceptors (Lipinski definition) is 12. The second-order valence-corrected chi connectivity index (χ2v) is 21.5. The van der Waals surface area contributed by atoms with E-state index in [0.29, 0.717) is 67.2 Å². The average molecular weight is 1160 g/mol. The van der Waals surface area contributed by atoms with E-state index in [1.54, 1.807) is 48.5 Å². The molecule has 0 fully saturated rings. The molecule has 2 aliphatic heterocycles. The highest BCUT2D eigenvalue weighted by molar-refractivity contribution is 7.99. The number of carbonyl (C=O) groups excluding carboxylic acids is 2. The number of aliphatic hydroxyl groups excluding tert-OH is 1. The van der Waals surface area contributed by atoms with Crippen LogP contribution in [0.3, 0.4) is 0 Å². The molecular weight excluding hydrogens is 1090 g/mol. The number of aliphatic imine (C=N–C) groups is 1. The number of fused-ring (bicyclic) bond motifs is 3. The number of benzene rings is 7. The number of nitrogen functional groups attached to an aromatic ring is 1. The van der Waals surface area contributed by atoms with E-state index in [-0.39, 0.29) is 12.0 Å². The standard InChI is InChI=1S/C17H20N2S.C17H21NO.C15H10Cl2N2O2.C14H22ClN3O2/c1-13(18(2)3)12-19-14-8-4-6-10-16(14)20-17-11-7-5-9-15(17)19;1-18(2)13-14-19-17(15-9-5-3-6-10-15)16-11-7-4-8-12-16;16-8-5-6-12-10(7-8)13(19-15(21)14(20)18-12)9-3-1-2-4-11(9)17;1-4-18(5-2)7-6-17-14(19)10-8-11(15)12(16)9-13(10)20-3/h4-11,13H,12H2,1-3H3;3-12,17H,13-14H2,1-2H3;1-7,15,21H,(H,18,20);8-9H,4-7,16H2,1-3H3,(H,17,19). The summed E-state index contributed by atoms with van der Waals surface area (Å²) < 4.78 is 11.2. The van der Waals surface area contributed by atoms with Crippen LogP contribution in [0.4, 0.5) is 22.7 Å². The summed E-state index contributed by atoms with van der Waals surface area (Å²) in [5, 5.41) is 16.6. The molecule has 80 heavy (non-hydrogen) atoms. The molecule has 0 saturated heterocycles. The summed E-state index contributed by atoms with van der Waals surface area (Å²) in [5.41, 5.74) is 13.7. The van der Waals surface area contributed by atoms with Gasteiger partial charge in [-0.25, -0.2) is 4.99 Å². The van der Waals surface area contributed by atoms with E-state index in [4.69, 9.17) is 50.0 Å². The van der Waals surface area contributed by atoms with Crippen molar-refractivity contribution in [1.29, 1.82) is 0 Å². The van der Waals surface area contributed by atoms with Crippen LogP contribution in [0.5, 0.6) is 5.75 Å². The number of amides is 2. The average Bonchev–Trinajstić information content (AvgIpc) is 3.58. The number of hydrogen-bond donors (Lipinski definition) is 4. The van der Waals surface area contributed by atoms with Gasteiger partial charge in [0.1, 0.15) is 11.9 Å². The summed E-state index contributed by atoms with van der Waals surface area (Å²) >= 11 is 20.0. The molecule has 13 nitrogen and oxygen atoms in total. The van der Waals surface area contributed by atoms with Gasteiger partial charge in [0.2, 0.25) is 6.23 Å². The number of para-hydroxylation sites is 2. The highest BCUT2D eigenvalue weighted by Gasteiger charge is 2.27. The van der Waals surface area contributed by atoms with Gasteiger partial charge in [-0.15, -0.1) is 0 Å². The Morgan fingerprint density at radius 3 is 1.90 bits per heavy atom. The van der Waals surface area contributed by atoms with Gasteiger partial charge in [0, 0.05) is 69.3 Å². The normalized spacial score (nSPS) is 13.7. The fraction of sp³-hybridized carbons (Fsp3) is 0.286.